The lowest BCUT2D eigenvalue weighted by Crippen LogP contribution is -2.30. The second kappa shape index (κ2) is 9.45. The molecule has 7 nitrogen and oxygen atoms in total. The molecular formula is C23H18FN3O4. The average molecular weight is 419 g/mol. The summed E-state index contributed by atoms with van der Waals surface area (Å²) in [7, 11) is 0. The summed E-state index contributed by atoms with van der Waals surface area (Å²) in [5.74, 6) is -1.71. The summed E-state index contributed by atoms with van der Waals surface area (Å²) in [5.41, 5.74) is 1.69. The maximum atomic E-state index is 13.4. The molecule has 3 aromatic carbocycles. The molecule has 0 fully saturated rings. The molecule has 3 rings (SSSR count). The number of nitrogens with zero attached hydrogens (tertiary/aromatic N) is 1. The molecular weight excluding hydrogens is 401 g/mol. The highest BCUT2D eigenvalue weighted by Crippen LogP contribution is 2.16. The SMILES string of the molecule is Cc1cccc(C(=O)NC(=Cc2ccc([N+](=O)[O-])cc2)C(=O)Nc2cccc(F)c2)c1. The fourth-order valence-corrected chi connectivity index (χ4v) is 2.76. The molecule has 0 atom stereocenters. The number of rotatable bonds is 6. The molecule has 0 aromatic heterocycles. The van der Waals surface area contributed by atoms with Gasteiger partial charge in [-0.2, -0.15) is 0 Å². The molecule has 2 N–H and O–H groups in total. The first kappa shape index (κ1) is 21.4. The Morgan fingerprint density at radius 3 is 2.35 bits per heavy atom. The van der Waals surface area contributed by atoms with E-state index in [2.05, 4.69) is 10.6 Å². The number of amides is 2. The molecule has 0 unspecified atom stereocenters. The number of carbonyl (C=O) groups excluding carboxylic acids is 2. The molecule has 0 radical (unpaired) electrons. The average Bonchev–Trinajstić information content (AvgIpc) is 2.73. The van der Waals surface area contributed by atoms with Crippen LogP contribution in [-0.4, -0.2) is 16.7 Å². The number of nitrogens with one attached hydrogen (secondary N) is 2. The molecule has 0 saturated heterocycles. The third-order valence-corrected chi connectivity index (χ3v) is 4.27. The van der Waals surface area contributed by atoms with Gasteiger partial charge in [0.05, 0.1) is 4.92 Å². The van der Waals surface area contributed by atoms with Crippen LogP contribution in [0.5, 0.6) is 0 Å². The molecule has 0 saturated carbocycles. The quantitative estimate of drug-likeness (QED) is 0.350. The highest BCUT2D eigenvalue weighted by atomic mass is 19.1. The number of nitro groups is 1. The summed E-state index contributed by atoms with van der Waals surface area (Å²) < 4.78 is 13.4. The largest absolute Gasteiger partial charge is 0.321 e. The molecule has 0 spiro atoms. The summed E-state index contributed by atoms with van der Waals surface area (Å²) in [4.78, 5) is 35.8. The zero-order valence-corrected chi connectivity index (χ0v) is 16.5. The Kier molecular flexibility index (Phi) is 6.51. The van der Waals surface area contributed by atoms with Crippen LogP contribution in [-0.2, 0) is 4.79 Å². The van der Waals surface area contributed by atoms with Crippen LogP contribution in [0.25, 0.3) is 6.08 Å². The van der Waals surface area contributed by atoms with Crippen molar-refractivity contribution in [1.29, 1.82) is 0 Å². The van der Waals surface area contributed by atoms with Crippen LogP contribution in [0.4, 0.5) is 15.8 Å². The molecule has 156 valence electrons. The molecule has 0 heterocycles. The van der Waals surface area contributed by atoms with E-state index in [1.807, 2.05) is 13.0 Å². The first-order valence-electron chi connectivity index (χ1n) is 9.23. The van der Waals surface area contributed by atoms with Crippen molar-refractivity contribution in [1.82, 2.24) is 5.32 Å². The minimum absolute atomic E-state index is 0.105. The third kappa shape index (κ3) is 5.83. The lowest BCUT2D eigenvalue weighted by atomic mass is 10.1. The number of halogens is 1. The Labute approximate surface area is 177 Å². The monoisotopic (exact) mass is 419 g/mol. The highest BCUT2D eigenvalue weighted by Gasteiger charge is 2.16. The summed E-state index contributed by atoms with van der Waals surface area (Å²) >= 11 is 0. The van der Waals surface area contributed by atoms with E-state index in [1.54, 1.807) is 18.2 Å². The van der Waals surface area contributed by atoms with Crippen LogP contribution < -0.4 is 10.6 Å². The normalized spacial score (nSPS) is 11.0. The lowest BCUT2D eigenvalue weighted by molar-refractivity contribution is -0.384. The second-order valence-corrected chi connectivity index (χ2v) is 6.69. The van der Waals surface area contributed by atoms with Crippen LogP contribution in [0.2, 0.25) is 0 Å². The topological polar surface area (TPSA) is 101 Å². The van der Waals surface area contributed by atoms with Crippen LogP contribution in [0.15, 0.2) is 78.5 Å². The van der Waals surface area contributed by atoms with Gasteiger partial charge in [-0.15, -0.1) is 0 Å². The summed E-state index contributed by atoms with van der Waals surface area (Å²) in [6.45, 7) is 1.83. The number of nitro benzene ring substituents is 1. The van der Waals surface area contributed by atoms with Crippen molar-refractivity contribution >= 4 is 29.3 Å². The molecule has 0 aliphatic carbocycles. The minimum Gasteiger partial charge on any atom is -0.321 e. The van der Waals surface area contributed by atoms with Crippen LogP contribution in [0.1, 0.15) is 21.5 Å². The van der Waals surface area contributed by atoms with Crippen molar-refractivity contribution in [2.24, 2.45) is 0 Å². The second-order valence-electron chi connectivity index (χ2n) is 6.69. The maximum absolute atomic E-state index is 13.4. The number of benzene rings is 3. The van der Waals surface area contributed by atoms with Crippen LogP contribution >= 0.6 is 0 Å². The van der Waals surface area contributed by atoms with Gasteiger partial charge in [-0.25, -0.2) is 4.39 Å². The Morgan fingerprint density at radius 2 is 1.71 bits per heavy atom. The van der Waals surface area contributed by atoms with Gasteiger partial charge in [0, 0.05) is 23.4 Å². The fourth-order valence-electron chi connectivity index (χ4n) is 2.76. The summed E-state index contributed by atoms with van der Waals surface area (Å²) in [6, 6.07) is 17.6. The molecule has 0 aliphatic rings. The highest BCUT2D eigenvalue weighted by molar-refractivity contribution is 6.10. The van der Waals surface area contributed by atoms with Crippen LogP contribution in [0.3, 0.4) is 0 Å². The zero-order chi connectivity index (χ0) is 22.4. The van der Waals surface area contributed by atoms with Gasteiger partial charge in [-0.05, 0) is 61.0 Å². The molecule has 31 heavy (non-hydrogen) atoms. The molecule has 8 heteroatoms. The molecule has 0 aliphatic heterocycles. The van der Waals surface area contributed by atoms with E-state index in [1.165, 1.54) is 48.5 Å². The number of hydrogen-bond acceptors (Lipinski definition) is 4. The number of carbonyl (C=O) groups is 2. The van der Waals surface area contributed by atoms with Gasteiger partial charge >= 0.3 is 0 Å². The van der Waals surface area contributed by atoms with Gasteiger partial charge < -0.3 is 10.6 Å². The predicted molar refractivity (Wildman–Crippen MR) is 115 cm³/mol. The molecule has 0 bridgehead atoms. The first-order valence-corrected chi connectivity index (χ1v) is 9.23. The van der Waals surface area contributed by atoms with Gasteiger partial charge in [0.25, 0.3) is 17.5 Å². The smallest absolute Gasteiger partial charge is 0.272 e. The van der Waals surface area contributed by atoms with Gasteiger partial charge in [0.2, 0.25) is 0 Å². The van der Waals surface area contributed by atoms with Crippen molar-refractivity contribution < 1.29 is 18.9 Å². The van der Waals surface area contributed by atoms with Crippen LogP contribution in [0, 0.1) is 22.9 Å². The van der Waals surface area contributed by atoms with E-state index >= 15 is 0 Å². The first-order chi connectivity index (χ1) is 14.8. The Morgan fingerprint density at radius 1 is 1.00 bits per heavy atom. The van der Waals surface area contributed by atoms with Crippen molar-refractivity contribution in [2.45, 2.75) is 6.92 Å². The number of hydrogen-bond donors (Lipinski definition) is 2. The summed E-state index contributed by atoms with van der Waals surface area (Å²) in [5, 5.41) is 15.9. The van der Waals surface area contributed by atoms with E-state index in [4.69, 9.17) is 0 Å². The standard InChI is InChI=1S/C23H18FN3O4/c1-15-4-2-5-17(12-15)22(28)26-21(13-16-8-10-20(11-9-16)27(30)31)23(29)25-19-7-3-6-18(24)14-19/h2-14H,1H3,(H,25,29)(H,26,28). The summed E-state index contributed by atoms with van der Waals surface area (Å²) in [6.07, 6.45) is 1.38. The van der Waals surface area contributed by atoms with E-state index in [0.29, 0.717) is 11.1 Å². The predicted octanol–water partition coefficient (Wildman–Crippen LogP) is 4.45. The van der Waals surface area contributed by atoms with E-state index in [9.17, 15) is 24.1 Å². The van der Waals surface area contributed by atoms with E-state index in [-0.39, 0.29) is 17.1 Å². The maximum Gasteiger partial charge on any atom is 0.272 e. The van der Waals surface area contributed by atoms with Crippen molar-refractivity contribution in [3.8, 4) is 0 Å². The van der Waals surface area contributed by atoms with Gasteiger partial charge in [0.1, 0.15) is 11.5 Å². The van der Waals surface area contributed by atoms with Crippen molar-refractivity contribution in [3.63, 3.8) is 0 Å². The Hall–Kier alpha value is -4.33. The minimum atomic E-state index is -0.676. The van der Waals surface area contributed by atoms with E-state index in [0.717, 1.165) is 11.6 Å². The number of aryl methyl sites for hydroxylation is 1. The zero-order valence-electron chi connectivity index (χ0n) is 16.5. The molecule has 2 amide bonds. The Balaban J connectivity index is 1.91. The number of anilines is 1. The lowest BCUT2D eigenvalue weighted by Gasteiger charge is -2.12. The molecule has 3 aromatic rings. The third-order valence-electron chi connectivity index (χ3n) is 4.27. The van der Waals surface area contributed by atoms with Crippen molar-refractivity contribution in [2.75, 3.05) is 5.32 Å². The van der Waals surface area contributed by atoms with Gasteiger partial charge in [-0.1, -0.05) is 23.8 Å². The fraction of sp³-hybridized carbons (Fsp3) is 0.0435. The number of non-ortho nitro benzene ring substituents is 1. The van der Waals surface area contributed by atoms with Gasteiger partial charge in [0.15, 0.2) is 0 Å². The Bertz CT molecular complexity index is 1170. The van der Waals surface area contributed by atoms with Gasteiger partial charge in [-0.3, -0.25) is 19.7 Å². The van der Waals surface area contributed by atoms with Crippen molar-refractivity contribution in [3.05, 3.63) is 111 Å². The van der Waals surface area contributed by atoms with E-state index < -0.39 is 22.6 Å².